The summed E-state index contributed by atoms with van der Waals surface area (Å²) in [7, 11) is -2.67. The van der Waals surface area contributed by atoms with E-state index in [2.05, 4.69) is 10.3 Å². The molecule has 0 saturated heterocycles. The van der Waals surface area contributed by atoms with Crippen LogP contribution in [0, 0.1) is 5.82 Å². The molecule has 158 valence electrons. The Balaban J connectivity index is 1.49. The molecule has 0 bridgehead atoms. The summed E-state index contributed by atoms with van der Waals surface area (Å²) in [5, 5.41) is 3.49. The largest absolute Gasteiger partial charge is 0.495 e. The summed E-state index contributed by atoms with van der Waals surface area (Å²) >= 11 is 0. The van der Waals surface area contributed by atoms with E-state index in [0.29, 0.717) is 11.1 Å². The van der Waals surface area contributed by atoms with Crippen LogP contribution >= 0.6 is 0 Å². The highest BCUT2D eigenvalue weighted by Gasteiger charge is 2.23. The lowest BCUT2D eigenvalue weighted by Crippen LogP contribution is -2.22. The van der Waals surface area contributed by atoms with Gasteiger partial charge in [0.2, 0.25) is 9.84 Å². The Morgan fingerprint density at radius 3 is 2.61 bits per heavy atom. The van der Waals surface area contributed by atoms with Crippen LogP contribution in [0.3, 0.4) is 0 Å². The number of amides is 1. The molecule has 4 aromatic rings. The first-order valence-corrected chi connectivity index (χ1v) is 10.7. The Labute approximate surface area is 177 Å². The van der Waals surface area contributed by atoms with Gasteiger partial charge in [0.1, 0.15) is 16.5 Å². The molecular formula is C22H17FN2O5S. The van der Waals surface area contributed by atoms with Gasteiger partial charge in [0.25, 0.3) is 5.91 Å². The molecule has 2 aromatic carbocycles. The third-order valence-corrected chi connectivity index (χ3v) is 6.44. The minimum absolute atomic E-state index is 0.0174. The van der Waals surface area contributed by atoms with Crippen molar-refractivity contribution in [2.75, 3.05) is 7.11 Å². The number of pyridine rings is 1. The van der Waals surface area contributed by atoms with Gasteiger partial charge in [-0.15, -0.1) is 0 Å². The second-order valence-electron chi connectivity index (χ2n) is 6.65. The van der Waals surface area contributed by atoms with Gasteiger partial charge in [-0.3, -0.25) is 9.78 Å². The van der Waals surface area contributed by atoms with Crippen LogP contribution in [0.1, 0.15) is 16.1 Å². The molecule has 7 nitrogen and oxygen atoms in total. The highest BCUT2D eigenvalue weighted by molar-refractivity contribution is 7.91. The molecule has 2 aromatic heterocycles. The van der Waals surface area contributed by atoms with E-state index >= 15 is 0 Å². The fourth-order valence-corrected chi connectivity index (χ4v) is 4.47. The predicted octanol–water partition coefficient (Wildman–Crippen LogP) is 3.74. The Hall–Kier alpha value is -3.72. The van der Waals surface area contributed by atoms with Gasteiger partial charge in [0, 0.05) is 18.1 Å². The molecule has 0 spiro atoms. The molecule has 31 heavy (non-hydrogen) atoms. The van der Waals surface area contributed by atoms with Crippen molar-refractivity contribution in [3.05, 3.63) is 84.1 Å². The average molecular weight is 440 g/mol. The first kappa shape index (κ1) is 20.5. The summed E-state index contributed by atoms with van der Waals surface area (Å²) in [5.74, 6) is -0.878. The van der Waals surface area contributed by atoms with E-state index in [1.807, 2.05) is 0 Å². The number of aromatic nitrogens is 1. The normalized spacial score (nSPS) is 11.4. The molecule has 1 amide bonds. The van der Waals surface area contributed by atoms with Crippen LogP contribution in [0.5, 0.6) is 5.75 Å². The highest BCUT2D eigenvalue weighted by atomic mass is 32.2. The molecule has 0 aliphatic carbocycles. The molecule has 0 unspecified atom stereocenters. The van der Waals surface area contributed by atoms with Crippen molar-refractivity contribution in [3.8, 4) is 5.75 Å². The number of hydrogen-bond donors (Lipinski definition) is 1. The minimum atomic E-state index is -3.98. The second-order valence-corrected chi connectivity index (χ2v) is 8.57. The van der Waals surface area contributed by atoms with E-state index in [0.717, 1.165) is 17.5 Å². The van der Waals surface area contributed by atoms with Crippen molar-refractivity contribution in [2.45, 2.75) is 16.3 Å². The third-order valence-electron chi connectivity index (χ3n) is 4.65. The van der Waals surface area contributed by atoms with Gasteiger partial charge < -0.3 is 14.5 Å². The van der Waals surface area contributed by atoms with Crippen LogP contribution in [0.4, 0.5) is 4.39 Å². The van der Waals surface area contributed by atoms with Crippen molar-refractivity contribution >= 4 is 26.7 Å². The number of ether oxygens (including phenoxy) is 1. The van der Waals surface area contributed by atoms with Crippen LogP contribution in [-0.2, 0) is 16.4 Å². The first-order valence-electron chi connectivity index (χ1n) is 9.18. The quantitative estimate of drug-likeness (QED) is 0.491. The van der Waals surface area contributed by atoms with Crippen LogP contribution in [0.15, 0.2) is 81.2 Å². The number of hydrogen-bond acceptors (Lipinski definition) is 6. The van der Waals surface area contributed by atoms with Gasteiger partial charge in [-0.05, 0) is 48.0 Å². The van der Waals surface area contributed by atoms with Crippen LogP contribution in [0.2, 0.25) is 0 Å². The number of carbonyl (C=O) groups excluding carboxylic acids is 1. The van der Waals surface area contributed by atoms with E-state index in [4.69, 9.17) is 9.15 Å². The second kappa shape index (κ2) is 8.19. The number of benzene rings is 2. The minimum Gasteiger partial charge on any atom is -0.495 e. The summed E-state index contributed by atoms with van der Waals surface area (Å²) in [6.45, 7) is 0.164. The number of rotatable bonds is 6. The lowest BCUT2D eigenvalue weighted by Gasteiger charge is -2.10. The molecule has 0 radical (unpaired) electrons. The molecular weight excluding hydrogens is 423 g/mol. The third kappa shape index (κ3) is 4.13. The molecule has 2 heterocycles. The molecule has 0 atom stereocenters. The van der Waals surface area contributed by atoms with E-state index < -0.39 is 21.6 Å². The van der Waals surface area contributed by atoms with E-state index in [-0.39, 0.29) is 27.8 Å². The number of methoxy groups -OCH3 is 1. The fourth-order valence-electron chi connectivity index (χ4n) is 3.04. The van der Waals surface area contributed by atoms with Crippen molar-refractivity contribution in [1.82, 2.24) is 10.3 Å². The standard InChI is InChI=1S/C22H17FN2O5S/c1-29-18-7-4-16(23)11-21(18)31(27,28)17-5-2-14(3-6-17)12-25-22(26)19-10-15-8-9-24-13-20(15)30-19/h2-11,13H,12H2,1H3,(H,25,26). The van der Waals surface area contributed by atoms with Gasteiger partial charge in [-0.1, -0.05) is 12.1 Å². The maximum atomic E-state index is 13.6. The molecule has 0 aliphatic rings. The number of fused-ring (bicyclic) bond motifs is 1. The van der Waals surface area contributed by atoms with Gasteiger partial charge in [0.15, 0.2) is 11.3 Å². The first-order chi connectivity index (χ1) is 14.9. The number of sulfone groups is 1. The molecule has 0 saturated carbocycles. The molecule has 0 aliphatic heterocycles. The van der Waals surface area contributed by atoms with E-state index in [1.165, 1.54) is 31.5 Å². The maximum Gasteiger partial charge on any atom is 0.287 e. The van der Waals surface area contributed by atoms with Crippen LogP contribution in [-0.4, -0.2) is 26.4 Å². The predicted molar refractivity (Wildman–Crippen MR) is 110 cm³/mol. The zero-order valence-electron chi connectivity index (χ0n) is 16.3. The molecule has 1 N–H and O–H groups in total. The van der Waals surface area contributed by atoms with Gasteiger partial charge >= 0.3 is 0 Å². The van der Waals surface area contributed by atoms with E-state index in [1.54, 1.807) is 30.5 Å². The molecule has 4 rings (SSSR count). The topological polar surface area (TPSA) is 98.5 Å². The summed E-state index contributed by atoms with van der Waals surface area (Å²) in [6, 6.07) is 12.6. The highest BCUT2D eigenvalue weighted by Crippen LogP contribution is 2.30. The Kier molecular flexibility index (Phi) is 5.43. The monoisotopic (exact) mass is 440 g/mol. The van der Waals surface area contributed by atoms with Crippen molar-refractivity contribution in [3.63, 3.8) is 0 Å². The lowest BCUT2D eigenvalue weighted by atomic mass is 10.2. The van der Waals surface area contributed by atoms with Crippen molar-refractivity contribution < 1.29 is 26.8 Å². The number of halogens is 1. The molecule has 0 fully saturated rings. The van der Waals surface area contributed by atoms with E-state index in [9.17, 15) is 17.6 Å². The zero-order valence-corrected chi connectivity index (χ0v) is 17.1. The average Bonchev–Trinajstić information content (AvgIpc) is 3.22. The van der Waals surface area contributed by atoms with Crippen LogP contribution < -0.4 is 10.1 Å². The summed E-state index contributed by atoms with van der Waals surface area (Å²) < 4.78 is 49.9. The zero-order chi connectivity index (χ0) is 22.0. The molecule has 9 heteroatoms. The Bertz CT molecular complexity index is 1330. The fraction of sp³-hybridized carbons (Fsp3) is 0.0909. The number of nitrogens with zero attached hydrogens (tertiary/aromatic N) is 1. The van der Waals surface area contributed by atoms with Crippen molar-refractivity contribution in [2.24, 2.45) is 0 Å². The Morgan fingerprint density at radius 2 is 1.90 bits per heavy atom. The van der Waals surface area contributed by atoms with Gasteiger partial charge in [-0.2, -0.15) is 0 Å². The summed E-state index contributed by atoms with van der Waals surface area (Å²) in [4.78, 5) is 16.0. The maximum absolute atomic E-state index is 13.6. The summed E-state index contributed by atoms with van der Waals surface area (Å²) in [5.41, 5.74) is 1.19. The summed E-state index contributed by atoms with van der Waals surface area (Å²) in [6.07, 6.45) is 3.13. The van der Waals surface area contributed by atoms with Crippen LogP contribution in [0.25, 0.3) is 11.0 Å². The SMILES string of the molecule is COc1ccc(F)cc1S(=O)(=O)c1ccc(CNC(=O)c2cc3ccncc3o2)cc1. The van der Waals surface area contributed by atoms with Gasteiger partial charge in [-0.25, -0.2) is 12.8 Å². The number of nitrogens with one attached hydrogen (secondary N) is 1. The smallest absolute Gasteiger partial charge is 0.287 e. The number of carbonyl (C=O) groups is 1. The number of furan rings is 1. The van der Waals surface area contributed by atoms with Gasteiger partial charge in [0.05, 0.1) is 18.2 Å². The Morgan fingerprint density at radius 1 is 1.13 bits per heavy atom. The van der Waals surface area contributed by atoms with Crippen molar-refractivity contribution in [1.29, 1.82) is 0 Å². The lowest BCUT2D eigenvalue weighted by molar-refractivity contribution is 0.0925.